The lowest BCUT2D eigenvalue weighted by atomic mass is 10.0. The zero-order valence-corrected chi connectivity index (χ0v) is 18.2. The maximum absolute atomic E-state index is 13.4. The molecule has 1 aromatic heterocycles. The molecule has 3 aromatic rings. The molecule has 2 aromatic carbocycles. The molecule has 0 bridgehead atoms. The Bertz CT molecular complexity index is 1520. The summed E-state index contributed by atoms with van der Waals surface area (Å²) in [6, 6.07) is 8.16. The van der Waals surface area contributed by atoms with Gasteiger partial charge in [0.25, 0.3) is 11.5 Å². The summed E-state index contributed by atoms with van der Waals surface area (Å²) >= 11 is 0. The molecule has 13 heteroatoms. The molecule has 0 saturated carbocycles. The fourth-order valence-corrected chi connectivity index (χ4v) is 5.53. The first-order valence-electron chi connectivity index (χ1n) is 9.85. The van der Waals surface area contributed by atoms with Crippen molar-refractivity contribution in [2.45, 2.75) is 22.9 Å². The van der Waals surface area contributed by atoms with Crippen molar-refractivity contribution in [1.82, 2.24) is 9.88 Å². The Morgan fingerprint density at radius 2 is 1.89 bits per heavy atom. The number of aromatic nitrogens is 1. The van der Waals surface area contributed by atoms with E-state index in [1.54, 1.807) is 0 Å². The summed E-state index contributed by atoms with van der Waals surface area (Å²) in [6.07, 6.45) is -4.59. The second-order valence-corrected chi connectivity index (χ2v) is 9.21. The molecule has 2 atom stereocenters. The molecule has 0 radical (unpaired) electrons. The summed E-state index contributed by atoms with van der Waals surface area (Å²) in [4.78, 5) is 36.5. The minimum atomic E-state index is -4.59. The highest BCUT2D eigenvalue weighted by Crippen LogP contribution is 2.40. The van der Waals surface area contributed by atoms with Gasteiger partial charge in [0.1, 0.15) is 17.9 Å². The lowest BCUT2D eigenvalue weighted by Crippen LogP contribution is -2.38. The molecule has 0 aliphatic carbocycles. The van der Waals surface area contributed by atoms with E-state index in [9.17, 15) is 42.1 Å². The summed E-state index contributed by atoms with van der Waals surface area (Å²) in [7, 11) is -1.94. The first-order valence-corrected chi connectivity index (χ1v) is 11.1. The number of carboxylic acids is 1. The van der Waals surface area contributed by atoms with E-state index in [1.807, 2.05) is 11.4 Å². The number of aromatic hydroxyl groups is 1. The van der Waals surface area contributed by atoms with Gasteiger partial charge in [-0.1, -0.05) is 12.1 Å². The van der Waals surface area contributed by atoms with Gasteiger partial charge in [-0.25, -0.2) is 0 Å². The maximum Gasteiger partial charge on any atom is 0.416 e. The molecule has 1 amide bonds. The Labute approximate surface area is 196 Å². The molecular weight excluding hydrogens is 491 g/mol. The molecule has 1 aliphatic heterocycles. The van der Waals surface area contributed by atoms with Crippen LogP contribution in [-0.2, 0) is 28.3 Å². The van der Waals surface area contributed by atoms with E-state index < -0.39 is 63.1 Å². The molecule has 180 valence electrons. The number of alkyl halides is 3. The van der Waals surface area contributed by atoms with Crippen molar-refractivity contribution in [3.05, 3.63) is 69.0 Å². The van der Waals surface area contributed by atoms with Gasteiger partial charge in [0.05, 0.1) is 43.7 Å². The summed E-state index contributed by atoms with van der Waals surface area (Å²) in [5.41, 5.74) is -2.55. The predicted octanol–water partition coefficient (Wildman–Crippen LogP) is 2.27. The lowest BCUT2D eigenvalue weighted by molar-refractivity contribution is -0.138. The van der Waals surface area contributed by atoms with Crippen LogP contribution in [0.15, 0.2) is 46.1 Å². The maximum atomic E-state index is 13.4. The number of halogens is 3. The van der Waals surface area contributed by atoms with Crippen LogP contribution >= 0.6 is 0 Å². The van der Waals surface area contributed by atoms with Crippen molar-refractivity contribution in [2.24, 2.45) is 0 Å². The second-order valence-electron chi connectivity index (χ2n) is 7.60. The molecule has 1 aliphatic rings. The van der Waals surface area contributed by atoms with Crippen LogP contribution in [0.3, 0.4) is 0 Å². The monoisotopic (exact) mass is 505 g/mol. The topological polar surface area (TPSA) is 149 Å². The molecule has 3 N–H and O–H groups in total. The van der Waals surface area contributed by atoms with Crippen molar-refractivity contribution in [3.8, 4) is 11.8 Å². The number of hydrogen-bond donors (Lipinski definition) is 3. The number of nitrogens with one attached hydrogen (secondary N) is 1. The number of carbonyl (C=O) groups is 2. The normalized spacial score (nSPS) is 17.1. The number of hydrogen-bond acceptors (Lipinski definition) is 6. The van der Waals surface area contributed by atoms with Crippen molar-refractivity contribution < 1.29 is 37.2 Å². The van der Waals surface area contributed by atoms with Crippen LogP contribution < -0.4 is 10.9 Å². The van der Waals surface area contributed by atoms with E-state index in [2.05, 4.69) is 0 Å². The smallest absolute Gasteiger partial charge is 0.416 e. The zero-order chi connectivity index (χ0) is 25.7. The van der Waals surface area contributed by atoms with Crippen LogP contribution in [0.25, 0.3) is 10.9 Å². The SMILES string of the molecule is N#Cc1cc2c3c(c1)c(O)c(C(=O)NCC(=O)O)c(=O)n3CC(c1ccc(C(F)(F)F)cc1)S2=O. The third-order valence-electron chi connectivity index (χ3n) is 5.49. The Kier molecular flexibility index (Phi) is 5.85. The molecule has 0 saturated heterocycles. The van der Waals surface area contributed by atoms with E-state index in [4.69, 9.17) is 5.11 Å². The Balaban J connectivity index is 1.92. The number of carboxylic acid groups (broad SMARTS) is 1. The number of nitrogens with zero attached hydrogens (tertiary/aromatic N) is 2. The van der Waals surface area contributed by atoms with Gasteiger partial charge >= 0.3 is 12.1 Å². The number of pyridine rings is 1. The fourth-order valence-electron chi connectivity index (χ4n) is 3.88. The van der Waals surface area contributed by atoms with Crippen LogP contribution in [0.4, 0.5) is 13.2 Å². The first kappa shape index (κ1) is 24.0. The van der Waals surface area contributed by atoms with E-state index in [1.165, 1.54) is 12.1 Å². The van der Waals surface area contributed by atoms with Crippen molar-refractivity contribution >= 4 is 33.6 Å². The number of amides is 1. The number of rotatable bonds is 4. The van der Waals surface area contributed by atoms with Crippen LogP contribution in [0.2, 0.25) is 0 Å². The van der Waals surface area contributed by atoms with Crippen LogP contribution in [-0.4, -0.2) is 37.4 Å². The number of carbonyl (C=O) groups excluding carboxylic acids is 1. The Morgan fingerprint density at radius 1 is 1.23 bits per heavy atom. The molecular formula is C22H14F3N3O6S. The highest BCUT2D eigenvalue weighted by molar-refractivity contribution is 7.85. The van der Waals surface area contributed by atoms with Crippen LogP contribution in [0.5, 0.6) is 5.75 Å². The van der Waals surface area contributed by atoms with Gasteiger partial charge in [-0.2, -0.15) is 18.4 Å². The van der Waals surface area contributed by atoms with Crippen molar-refractivity contribution in [3.63, 3.8) is 0 Å². The summed E-state index contributed by atoms with van der Waals surface area (Å²) in [5, 5.41) is 29.7. The average molecular weight is 505 g/mol. The first-order chi connectivity index (χ1) is 16.4. The average Bonchev–Trinajstić information content (AvgIpc) is 2.81. The highest BCUT2D eigenvalue weighted by Gasteiger charge is 2.35. The van der Waals surface area contributed by atoms with Gasteiger partial charge in [0.2, 0.25) is 0 Å². The Hall–Kier alpha value is -4.18. The molecule has 4 rings (SSSR count). The third-order valence-corrected chi connectivity index (χ3v) is 7.17. The minimum Gasteiger partial charge on any atom is -0.506 e. The summed E-state index contributed by atoms with van der Waals surface area (Å²) < 4.78 is 53.3. The van der Waals surface area contributed by atoms with Gasteiger partial charge in [0.15, 0.2) is 0 Å². The van der Waals surface area contributed by atoms with Gasteiger partial charge in [-0.3, -0.25) is 18.6 Å². The van der Waals surface area contributed by atoms with Crippen LogP contribution in [0.1, 0.15) is 32.3 Å². The molecule has 9 nitrogen and oxygen atoms in total. The van der Waals surface area contributed by atoms with Gasteiger partial charge in [0, 0.05) is 11.9 Å². The predicted molar refractivity (Wildman–Crippen MR) is 115 cm³/mol. The van der Waals surface area contributed by atoms with Crippen LogP contribution in [0, 0.1) is 11.3 Å². The second kappa shape index (κ2) is 8.55. The van der Waals surface area contributed by atoms with E-state index >= 15 is 0 Å². The van der Waals surface area contributed by atoms with Gasteiger partial charge < -0.3 is 20.1 Å². The molecule has 2 heterocycles. The highest BCUT2D eigenvalue weighted by atomic mass is 32.2. The largest absolute Gasteiger partial charge is 0.506 e. The fraction of sp³-hybridized carbons (Fsp3) is 0.182. The molecule has 0 fully saturated rings. The molecule has 2 unspecified atom stereocenters. The Morgan fingerprint density at radius 3 is 2.46 bits per heavy atom. The van der Waals surface area contributed by atoms with Crippen molar-refractivity contribution in [2.75, 3.05) is 6.54 Å². The van der Waals surface area contributed by atoms with Gasteiger partial charge in [-0.05, 0) is 29.8 Å². The van der Waals surface area contributed by atoms with E-state index in [0.29, 0.717) is 0 Å². The van der Waals surface area contributed by atoms with Gasteiger partial charge in [-0.15, -0.1) is 0 Å². The third kappa shape index (κ3) is 4.12. The number of nitriles is 1. The summed E-state index contributed by atoms with van der Waals surface area (Å²) in [6.45, 7) is -1.15. The minimum absolute atomic E-state index is 0.00257. The molecule has 0 spiro atoms. The quantitative estimate of drug-likeness (QED) is 0.492. The summed E-state index contributed by atoms with van der Waals surface area (Å²) in [5.74, 6) is -3.39. The van der Waals surface area contributed by atoms with E-state index in [0.717, 1.165) is 28.8 Å². The zero-order valence-electron chi connectivity index (χ0n) is 17.4. The standard InChI is InChI=1S/C22H14F3N3O6S/c23-22(24,25)12-3-1-11(2-4-12)15-9-28-18-13(5-10(7-26)6-14(18)35(15)34)19(31)17(21(28)33)20(32)27-8-16(29)30/h1-6,15,31H,8-9H2,(H,27,32)(H,29,30). The van der Waals surface area contributed by atoms with Crippen molar-refractivity contribution in [1.29, 1.82) is 5.26 Å². The van der Waals surface area contributed by atoms with E-state index in [-0.39, 0.29) is 33.5 Å². The lowest BCUT2D eigenvalue weighted by Gasteiger charge is -2.27. The molecule has 35 heavy (non-hydrogen) atoms. The number of aliphatic carboxylic acids is 1. The number of benzene rings is 2.